The van der Waals surface area contributed by atoms with E-state index in [-0.39, 0.29) is 12.4 Å². The number of fused-ring (bicyclic) bond motifs is 2. The molecule has 23 heavy (non-hydrogen) atoms. The summed E-state index contributed by atoms with van der Waals surface area (Å²) >= 11 is 0. The van der Waals surface area contributed by atoms with E-state index in [2.05, 4.69) is 60.0 Å². The van der Waals surface area contributed by atoms with Gasteiger partial charge in [-0.3, -0.25) is 0 Å². The molecule has 4 rings (SSSR count). The molecule has 3 heteroatoms. The van der Waals surface area contributed by atoms with Crippen LogP contribution < -0.4 is 10.6 Å². The average Bonchev–Trinajstić information content (AvgIpc) is 2.86. The van der Waals surface area contributed by atoms with Crippen molar-refractivity contribution in [3.63, 3.8) is 0 Å². The third kappa shape index (κ3) is 3.24. The summed E-state index contributed by atoms with van der Waals surface area (Å²) in [6.45, 7) is 4.51. The molecule has 2 aromatic rings. The van der Waals surface area contributed by atoms with Crippen LogP contribution in [0.5, 0.6) is 0 Å². The second-order valence-electron chi connectivity index (χ2n) is 6.70. The fraction of sp³-hybridized carbons (Fsp3) is 0.400. The van der Waals surface area contributed by atoms with Gasteiger partial charge in [-0.25, -0.2) is 0 Å². The molecule has 0 radical (unpaired) electrons. The molecule has 2 aliphatic rings. The van der Waals surface area contributed by atoms with Crippen molar-refractivity contribution in [1.82, 2.24) is 5.32 Å². The number of halogens is 1. The van der Waals surface area contributed by atoms with E-state index in [1.165, 1.54) is 40.8 Å². The molecule has 2 nitrogen and oxygen atoms in total. The number of hydrogen-bond donors (Lipinski definition) is 2. The van der Waals surface area contributed by atoms with Gasteiger partial charge in [0.2, 0.25) is 0 Å². The lowest BCUT2D eigenvalue weighted by Crippen LogP contribution is -2.18. The maximum absolute atomic E-state index is 3.77. The molecule has 1 heterocycles. The summed E-state index contributed by atoms with van der Waals surface area (Å²) in [6, 6.07) is 16.3. The highest BCUT2D eigenvalue weighted by molar-refractivity contribution is 5.85. The summed E-state index contributed by atoms with van der Waals surface area (Å²) in [6.07, 6.45) is 3.54. The average molecular weight is 329 g/mol. The minimum Gasteiger partial charge on any atom is -0.378 e. The normalized spacial score (nSPS) is 22.5. The Hall–Kier alpha value is -1.51. The van der Waals surface area contributed by atoms with Crippen LogP contribution in [-0.2, 0) is 12.8 Å². The Morgan fingerprint density at radius 2 is 1.83 bits per heavy atom. The highest BCUT2D eigenvalue weighted by Gasteiger charge is 2.22. The second kappa shape index (κ2) is 6.94. The van der Waals surface area contributed by atoms with E-state index in [4.69, 9.17) is 0 Å². The number of aryl methyl sites for hydroxylation is 1. The van der Waals surface area contributed by atoms with E-state index < -0.39 is 0 Å². The highest BCUT2D eigenvalue weighted by Crippen LogP contribution is 2.34. The molecule has 0 saturated heterocycles. The van der Waals surface area contributed by atoms with Crippen molar-refractivity contribution >= 4 is 18.1 Å². The minimum atomic E-state index is 0. The first-order valence-corrected chi connectivity index (χ1v) is 8.49. The van der Waals surface area contributed by atoms with Crippen LogP contribution in [0.4, 0.5) is 5.69 Å². The summed E-state index contributed by atoms with van der Waals surface area (Å²) in [5, 5.41) is 7.30. The number of hydrogen-bond acceptors (Lipinski definition) is 2. The van der Waals surface area contributed by atoms with Gasteiger partial charge in [-0.15, -0.1) is 12.4 Å². The molecule has 0 spiro atoms. The summed E-state index contributed by atoms with van der Waals surface area (Å²) in [5.74, 6) is 0.593. The van der Waals surface area contributed by atoms with E-state index >= 15 is 0 Å². The molecule has 2 atom stereocenters. The van der Waals surface area contributed by atoms with Crippen LogP contribution in [0.15, 0.2) is 42.5 Å². The van der Waals surface area contributed by atoms with Gasteiger partial charge in [0, 0.05) is 12.2 Å². The predicted molar refractivity (Wildman–Crippen MR) is 99.8 cm³/mol. The molecular weight excluding hydrogens is 304 g/mol. The number of rotatable bonds is 2. The van der Waals surface area contributed by atoms with E-state index in [0.717, 1.165) is 19.5 Å². The zero-order valence-electron chi connectivity index (χ0n) is 13.6. The van der Waals surface area contributed by atoms with Crippen LogP contribution >= 0.6 is 12.4 Å². The summed E-state index contributed by atoms with van der Waals surface area (Å²) in [4.78, 5) is 0. The van der Waals surface area contributed by atoms with E-state index in [1.54, 1.807) is 0 Å². The zero-order valence-corrected chi connectivity index (χ0v) is 14.5. The molecular formula is C20H25ClN2. The maximum Gasteiger partial charge on any atom is 0.0519 e. The summed E-state index contributed by atoms with van der Waals surface area (Å²) in [5.41, 5.74) is 7.28. The van der Waals surface area contributed by atoms with Gasteiger partial charge in [0.15, 0.2) is 0 Å². The van der Waals surface area contributed by atoms with Crippen molar-refractivity contribution in [2.24, 2.45) is 0 Å². The van der Waals surface area contributed by atoms with Crippen LogP contribution in [0.25, 0.3) is 0 Å². The fourth-order valence-electron chi connectivity index (χ4n) is 3.93. The Bertz CT molecular complexity index is 683. The largest absolute Gasteiger partial charge is 0.378 e. The molecule has 0 amide bonds. The maximum atomic E-state index is 3.77. The lowest BCUT2D eigenvalue weighted by molar-refractivity contribution is 0.644. The van der Waals surface area contributed by atoms with Crippen LogP contribution in [0.2, 0.25) is 0 Å². The van der Waals surface area contributed by atoms with E-state index in [9.17, 15) is 0 Å². The molecule has 0 unspecified atom stereocenters. The topological polar surface area (TPSA) is 24.1 Å². The van der Waals surface area contributed by atoms with Crippen LogP contribution in [0.3, 0.4) is 0 Å². The van der Waals surface area contributed by atoms with Crippen molar-refractivity contribution in [3.8, 4) is 0 Å². The summed E-state index contributed by atoms with van der Waals surface area (Å²) < 4.78 is 0. The van der Waals surface area contributed by atoms with Gasteiger partial charge in [0.25, 0.3) is 0 Å². The molecule has 2 aromatic carbocycles. The third-order valence-electron chi connectivity index (χ3n) is 5.17. The van der Waals surface area contributed by atoms with Gasteiger partial charge >= 0.3 is 0 Å². The number of nitrogens with one attached hydrogen (secondary N) is 2. The molecule has 122 valence electrons. The molecule has 1 aliphatic heterocycles. The lowest BCUT2D eigenvalue weighted by atomic mass is 9.94. The Kier molecular flexibility index (Phi) is 4.93. The van der Waals surface area contributed by atoms with Gasteiger partial charge in [0.05, 0.1) is 6.04 Å². The molecule has 0 fully saturated rings. The van der Waals surface area contributed by atoms with Gasteiger partial charge in [-0.05, 0) is 66.1 Å². The molecule has 0 aromatic heterocycles. The quantitative estimate of drug-likeness (QED) is 0.850. The Balaban J connectivity index is 0.00000156. The van der Waals surface area contributed by atoms with Gasteiger partial charge < -0.3 is 10.6 Å². The highest BCUT2D eigenvalue weighted by atomic mass is 35.5. The zero-order chi connectivity index (χ0) is 14.9. The van der Waals surface area contributed by atoms with Gasteiger partial charge in [0.1, 0.15) is 0 Å². The van der Waals surface area contributed by atoms with Crippen LogP contribution in [0, 0.1) is 0 Å². The SMILES string of the molecule is C[C@@H]1CNCCc2ccc(N[C@@H]3CCc4ccccc43)cc21.Cl. The standard InChI is InChI=1S/C20H24N2.ClH/c1-14-13-21-11-10-16-6-8-17(12-19(14)16)22-20-9-7-15-4-2-3-5-18(15)20;/h2-6,8,12,14,20-22H,7,9-11,13H2,1H3;1H/t14-,20-;/m1./s1. The van der Waals surface area contributed by atoms with Crippen molar-refractivity contribution in [2.45, 2.75) is 38.1 Å². The van der Waals surface area contributed by atoms with Gasteiger partial charge in [-0.2, -0.15) is 0 Å². The van der Waals surface area contributed by atoms with E-state index in [1.807, 2.05) is 0 Å². The van der Waals surface area contributed by atoms with Gasteiger partial charge in [-0.1, -0.05) is 37.3 Å². The minimum absolute atomic E-state index is 0. The Labute approximate surface area is 145 Å². The van der Waals surface area contributed by atoms with Crippen molar-refractivity contribution < 1.29 is 0 Å². The molecule has 1 aliphatic carbocycles. The van der Waals surface area contributed by atoms with Crippen molar-refractivity contribution in [3.05, 3.63) is 64.7 Å². The molecule has 0 saturated carbocycles. The lowest BCUT2D eigenvalue weighted by Gasteiger charge is -2.19. The Morgan fingerprint density at radius 3 is 2.74 bits per heavy atom. The summed E-state index contributed by atoms with van der Waals surface area (Å²) in [7, 11) is 0. The molecule has 2 N–H and O–H groups in total. The smallest absolute Gasteiger partial charge is 0.0519 e. The number of anilines is 1. The van der Waals surface area contributed by atoms with Crippen molar-refractivity contribution in [1.29, 1.82) is 0 Å². The first kappa shape index (κ1) is 16.4. The van der Waals surface area contributed by atoms with Crippen LogP contribution in [-0.4, -0.2) is 13.1 Å². The van der Waals surface area contributed by atoms with Crippen LogP contribution in [0.1, 0.15) is 47.6 Å². The monoisotopic (exact) mass is 328 g/mol. The first-order valence-electron chi connectivity index (χ1n) is 8.49. The third-order valence-corrected chi connectivity index (χ3v) is 5.17. The Morgan fingerprint density at radius 1 is 1.00 bits per heavy atom. The fourth-order valence-corrected chi connectivity index (χ4v) is 3.93. The predicted octanol–water partition coefficient (Wildman–Crippen LogP) is 4.46. The van der Waals surface area contributed by atoms with Crippen molar-refractivity contribution in [2.75, 3.05) is 18.4 Å². The number of benzene rings is 2. The molecule has 0 bridgehead atoms. The van der Waals surface area contributed by atoms with E-state index in [0.29, 0.717) is 12.0 Å². The first-order chi connectivity index (χ1) is 10.8. The second-order valence-corrected chi connectivity index (χ2v) is 6.70.